The topological polar surface area (TPSA) is 173 Å². The van der Waals surface area contributed by atoms with Gasteiger partial charge < -0.3 is 71.1 Å². The molecule has 17 nitrogen and oxygen atoms in total. The Morgan fingerprint density at radius 2 is 0.480 bits per heavy atom. The third kappa shape index (κ3) is 42.6. The van der Waals surface area contributed by atoms with Gasteiger partial charge in [-0.3, -0.25) is 9.59 Å². The van der Waals surface area contributed by atoms with E-state index in [1.807, 2.05) is 0 Å². The van der Waals surface area contributed by atoms with Gasteiger partial charge in [-0.05, 0) is 6.92 Å². The molecule has 0 heterocycles. The van der Waals surface area contributed by atoms with E-state index in [4.69, 9.17) is 66.3 Å². The fourth-order valence-electron chi connectivity index (χ4n) is 3.39. The van der Waals surface area contributed by atoms with Crippen LogP contribution in [-0.4, -0.2) is 197 Å². The second-order valence-electron chi connectivity index (χ2n) is 9.84. The molecule has 0 bridgehead atoms. The van der Waals surface area contributed by atoms with Gasteiger partial charge in [0.2, 0.25) is 0 Å². The molecule has 0 aliphatic carbocycles. The third-order valence-corrected chi connectivity index (χ3v) is 5.90. The molecule has 0 spiro atoms. The minimum atomic E-state index is -0.290. The fraction of sp³-hybridized carbons (Fsp3) is 0.939. The van der Waals surface area contributed by atoms with Crippen LogP contribution in [0.25, 0.3) is 0 Å². The highest BCUT2D eigenvalue weighted by Gasteiger charge is 2.01. The van der Waals surface area contributed by atoms with Gasteiger partial charge in [0.25, 0.3) is 0 Å². The number of ether oxygens (including phenoxy) is 15. The van der Waals surface area contributed by atoms with Crippen LogP contribution in [0, 0.1) is 0 Å². The maximum atomic E-state index is 11.2. The van der Waals surface area contributed by atoms with Crippen LogP contribution >= 0.6 is 0 Å². The largest absolute Gasteiger partial charge is 0.469 e. The summed E-state index contributed by atoms with van der Waals surface area (Å²) in [7, 11) is 1.35. The van der Waals surface area contributed by atoms with Crippen molar-refractivity contribution in [1.29, 1.82) is 0 Å². The summed E-state index contributed by atoms with van der Waals surface area (Å²) in [5.74, 6) is -0.545. The van der Waals surface area contributed by atoms with E-state index in [0.29, 0.717) is 178 Å². The first-order valence-corrected chi connectivity index (χ1v) is 17.4. The van der Waals surface area contributed by atoms with E-state index in [1.54, 1.807) is 6.92 Å². The van der Waals surface area contributed by atoms with Crippen molar-refractivity contribution in [3.63, 3.8) is 0 Å². The normalized spacial score (nSPS) is 11.3. The summed E-state index contributed by atoms with van der Waals surface area (Å²) in [5, 5.41) is 0. The average Bonchev–Trinajstić information content (AvgIpc) is 3.12. The summed E-state index contributed by atoms with van der Waals surface area (Å²) in [4.78, 5) is 22.1. The minimum absolute atomic E-state index is 0.240. The lowest BCUT2D eigenvalue weighted by molar-refractivity contribution is -0.144. The maximum Gasteiger partial charge on any atom is 0.308 e. The minimum Gasteiger partial charge on any atom is -0.469 e. The predicted octanol–water partition coefficient (Wildman–Crippen LogP) is 0.719. The summed E-state index contributed by atoms with van der Waals surface area (Å²) >= 11 is 0. The SMILES string of the molecule is CCOC(=O)CCOCCOCCOCCOCCOCCOCCOCCOCCOCCOCCOCCOCCOCCC(=O)OC. The van der Waals surface area contributed by atoms with Crippen molar-refractivity contribution in [2.24, 2.45) is 0 Å². The smallest absolute Gasteiger partial charge is 0.308 e. The van der Waals surface area contributed by atoms with Crippen LogP contribution in [0.5, 0.6) is 0 Å². The van der Waals surface area contributed by atoms with E-state index in [2.05, 4.69) is 4.74 Å². The number of methoxy groups -OCH3 is 1. The zero-order valence-electron chi connectivity index (χ0n) is 30.4. The zero-order valence-corrected chi connectivity index (χ0v) is 30.4. The van der Waals surface area contributed by atoms with Crippen molar-refractivity contribution in [2.75, 3.05) is 185 Å². The first kappa shape index (κ1) is 48.4. The van der Waals surface area contributed by atoms with Crippen LogP contribution in [0.3, 0.4) is 0 Å². The number of esters is 2. The third-order valence-electron chi connectivity index (χ3n) is 5.90. The van der Waals surface area contributed by atoms with Crippen molar-refractivity contribution >= 4 is 11.9 Å². The quantitative estimate of drug-likeness (QED) is 0.0633. The van der Waals surface area contributed by atoms with Crippen molar-refractivity contribution in [2.45, 2.75) is 19.8 Å². The highest BCUT2D eigenvalue weighted by molar-refractivity contribution is 5.69. The summed E-state index contributed by atoms with van der Waals surface area (Å²) in [5.41, 5.74) is 0. The predicted molar refractivity (Wildman–Crippen MR) is 179 cm³/mol. The van der Waals surface area contributed by atoms with Crippen molar-refractivity contribution in [3.8, 4) is 0 Å². The Labute approximate surface area is 297 Å². The highest BCUT2D eigenvalue weighted by atomic mass is 16.6. The zero-order chi connectivity index (χ0) is 36.3. The molecule has 0 aromatic carbocycles. The lowest BCUT2D eigenvalue weighted by Gasteiger charge is -2.09. The molecule has 0 radical (unpaired) electrons. The lowest BCUT2D eigenvalue weighted by atomic mass is 10.5. The Kier molecular flexibility index (Phi) is 42.2. The Bertz CT molecular complexity index is 689. The summed E-state index contributed by atoms with van der Waals surface area (Å²) < 4.78 is 79.8. The van der Waals surface area contributed by atoms with E-state index < -0.39 is 0 Å². The van der Waals surface area contributed by atoms with Crippen LogP contribution in [0.1, 0.15) is 19.8 Å². The Hall–Kier alpha value is -1.58. The molecule has 50 heavy (non-hydrogen) atoms. The molecule has 17 heteroatoms. The van der Waals surface area contributed by atoms with Crippen LogP contribution in [0.2, 0.25) is 0 Å². The average molecular weight is 733 g/mol. The first-order valence-electron chi connectivity index (χ1n) is 17.4. The van der Waals surface area contributed by atoms with E-state index in [9.17, 15) is 9.59 Å². The maximum absolute atomic E-state index is 11.2. The molecule has 0 N–H and O–H groups in total. The van der Waals surface area contributed by atoms with Gasteiger partial charge in [-0.1, -0.05) is 0 Å². The van der Waals surface area contributed by atoms with Crippen molar-refractivity contribution < 1.29 is 80.6 Å². The van der Waals surface area contributed by atoms with Gasteiger partial charge in [-0.2, -0.15) is 0 Å². The van der Waals surface area contributed by atoms with Gasteiger partial charge in [0, 0.05) is 0 Å². The van der Waals surface area contributed by atoms with Crippen LogP contribution < -0.4 is 0 Å². The number of hydrogen-bond donors (Lipinski definition) is 0. The molecule has 0 aromatic rings. The second-order valence-corrected chi connectivity index (χ2v) is 9.84. The van der Waals surface area contributed by atoms with Gasteiger partial charge in [0.1, 0.15) is 0 Å². The van der Waals surface area contributed by atoms with E-state index in [0.717, 1.165) is 0 Å². The summed E-state index contributed by atoms with van der Waals surface area (Å²) in [6, 6.07) is 0. The molecule has 0 atom stereocenters. The number of carbonyl (C=O) groups is 2. The van der Waals surface area contributed by atoms with E-state index in [1.165, 1.54) is 7.11 Å². The Morgan fingerprint density at radius 1 is 0.300 bits per heavy atom. The molecular formula is C33H64O17. The van der Waals surface area contributed by atoms with Gasteiger partial charge in [0.05, 0.1) is 198 Å². The summed E-state index contributed by atoms with van der Waals surface area (Å²) in [6.07, 6.45) is 0.492. The van der Waals surface area contributed by atoms with Crippen molar-refractivity contribution in [1.82, 2.24) is 0 Å². The second kappa shape index (κ2) is 43.6. The lowest BCUT2D eigenvalue weighted by Crippen LogP contribution is -2.15. The molecule has 0 unspecified atom stereocenters. The van der Waals surface area contributed by atoms with Gasteiger partial charge in [0.15, 0.2) is 0 Å². The number of rotatable bonds is 43. The van der Waals surface area contributed by atoms with Gasteiger partial charge in [-0.15, -0.1) is 0 Å². The molecule has 298 valence electrons. The van der Waals surface area contributed by atoms with Crippen LogP contribution in [-0.2, 0) is 80.6 Å². The summed E-state index contributed by atoms with van der Waals surface area (Å²) in [6.45, 7) is 14.2. The number of carbonyl (C=O) groups excluding carboxylic acids is 2. The molecule has 0 amide bonds. The highest BCUT2D eigenvalue weighted by Crippen LogP contribution is 1.91. The molecule has 0 aliphatic heterocycles. The molecule has 0 rings (SSSR count). The monoisotopic (exact) mass is 732 g/mol. The Balaban J connectivity index is 3.07. The van der Waals surface area contributed by atoms with Crippen LogP contribution in [0.4, 0.5) is 0 Å². The molecule has 0 saturated carbocycles. The standard InChI is InChI=1S/C33H64O17/c1-3-50-33(35)5-7-38-9-11-40-13-15-42-17-19-44-21-23-46-25-27-48-29-31-49-30-28-47-26-24-45-22-20-43-18-16-41-14-12-39-10-8-37-6-4-32(34)36-2/h3-31H2,1-2H3. The Morgan fingerprint density at radius 3 is 0.660 bits per heavy atom. The van der Waals surface area contributed by atoms with Crippen molar-refractivity contribution in [3.05, 3.63) is 0 Å². The molecule has 0 fully saturated rings. The van der Waals surface area contributed by atoms with Gasteiger partial charge >= 0.3 is 11.9 Å². The molecular weight excluding hydrogens is 668 g/mol. The van der Waals surface area contributed by atoms with E-state index >= 15 is 0 Å². The molecule has 0 aliphatic rings. The fourth-order valence-corrected chi connectivity index (χ4v) is 3.39. The molecule has 0 saturated heterocycles. The number of hydrogen-bond acceptors (Lipinski definition) is 17. The van der Waals surface area contributed by atoms with Gasteiger partial charge in [-0.25, -0.2) is 0 Å². The van der Waals surface area contributed by atoms with E-state index in [-0.39, 0.29) is 24.8 Å². The first-order chi connectivity index (χ1) is 24.7. The van der Waals surface area contributed by atoms with Crippen LogP contribution in [0.15, 0.2) is 0 Å². The molecule has 0 aromatic heterocycles.